The summed E-state index contributed by atoms with van der Waals surface area (Å²) in [4.78, 5) is 0. The van der Waals surface area contributed by atoms with Crippen molar-refractivity contribution in [2.24, 2.45) is 0 Å². The molecule has 0 nitrogen and oxygen atoms in total. The van der Waals surface area contributed by atoms with E-state index in [4.69, 9.17) is 0 Å². The molecule has 6 aromatic rings. The largest absolute Gasteiger partial charge is 0.0653 e. The van der Waals surface area contributed by atoms with Gasteiger partial charge in [0.05, 0.1) is 0 Å². The number of hydrogen-bond acceptors (Lipinski definition) is 0. The van der Waals surface area contributed by atoms with E-state index in [-0.39, 0.29) is 5.41 Å². The first-order chi connectivity index (χ1) is 18.1. The van der Waals surface area contributed by atoms with Crippen molar-refractivity contribution >= 4 is 32.3 Å². The number of aryl methyl sites for hydroxylation is 3. The third-order valence-electron chi connectivity index (χ3n) is 8.43. The molecule has 0 aliphatic rings. The van der Waals surface area contributed by atoms with Crippen molar-refractivity contribution in [1.82, 2.24) is 0 Å². The first kappa shape index (κ1) is 23.5. The van der Waals surface area contributed by atoms with Crippen LogP contribution in [-0.4, -0.2) is 0 Å². The summed E-state index contributed by atoms with van der Waals surface area (Å²) in [5.74, 6) is 0. The first-order valence-corrected chi connectivity index (χ1v) is 13.5. The highest BCUT2D eigenvalue weighted by molar-refractivity contribution is 5.98. The van der Waals surface area contributed by atoms with Crippen LogP contribution in [0, 0.1) is 20.8 Å². The van der Waals surface area contributed by atoms with Crippen molar-refractivity contribution in [2.45, 2.75) is 46.0 Å². The van der Waals surface area contributed by atoms with Crippen molar-refractivity contribution in [2.75, 3.05) is 0 Å². The normalized spacial score (nSPS) is 12.0. The summed E-state index contributed by atoms with van der Waals surface area (Å²) in [5, 5.41) is 8.08. The lowest BCUT2D eigenvalue weighted by molar-refractivity contribution is 0.562. The summed E-state index contributed by atoms with van der Waals surface area (Å²) >= 11 is 0. The maximum atomic E-state index is 2.41. The number of hydrogen-bond donors (Lipinski definition) is 0. The molecule has 0 aliphatic carbocycles. The molecule has 0 amide bonds. The van der Waals surface area contributed by atoms with Crippen molar-refractivity contribution in [3.63, 3.8) is 0 Å². The van der Waals surface area contributed by atoms with Crippen molar-refractivity contribution in [3.05, 3.63) is 143 Å². The lowest BCUT2D eigenvalue weighted by Crippen LogP contribution is -2.30. The molecule has 0 fully saturated rings. The highest BCUT2D eigenvalue weighted by atomic mass is 14.4. The summed E-state index contributed by atoms with van der Waals surface area (Å²) in [7, 11) is 0. The fourth-order valence-corrected chi connectivity index (χ4v) is 6.68. The van der Waals surface area contributed by atoms with E-state index in [2.05, 4.69) is 137 Å². The van der Waals surface area contributed by atoms with Crippen LogP contribution in [0.5, 0.6) is 0 Å². The van der Waals surface area contributed by atoms with Gasteiger partial charge in [-0.15, -0.1) is 0 Å². The van der Waals surface area contributed by atoms with Gasteiger partial charge in [-0.05, 0) is 92.9 Å². The zero-order valence-electron chi connectivity index (χ0n) is 22.3. The van der Waals surface area contributed by atoms with Crippen molar-refractivity contribution in [1.29, 1.82) is 0 Å². The fourth-order valence-electron chi connectivity index (χ4n) is 6.68. The van der Waals surface area contributed by atoms with Gasteiger partial charge >= 0.3 is 0 Å². The van der Waals surface area contributed by atoms with Crippen molar-refractivity contribution in [3.8, 4) is 0 Å². The maximum absolute atomic E-state index is 2.41. The summed E-state index contributed by atoms with van der Waals surface area (Å²) in [6.07, 6.45) is 2.10. The first-order valence-electron chi connectivity index (χ1n) is 13.5. The molecular formula is C37H34. The lowest BCUT2D eigenvalue weighted by Gasteiger charge is -2.39. The quantitative estimate of drug-likeness (QED) is 0.216. The third-order valence-corrected chi connectivity index (χ3v) is 8.43. The highest BCUT2D eigenvalue weighted by Gasteiger charge is 2.39. The Morgan fingerprint density at radius 1 is 0.405 bits per heavy atom. The van der Waals surface area contributed by atoms with Crippen LogP contribution in [0.2, 0.25) is 0 Å². The summed E-state index contributed by atoms with van der Waals surface area (Å²) in [6.45, 7) is 9.03. The zero-order chi connectivity index (χ0) is 25.6. The molecule has 0 heteroatoms. The smallest absolute Gasteiger partial charge is 0.0469 e. The molecule has 6 aromatic carbocycles. The Kier molecular flexibility index (Phi) is 5.84. The highest BCUT2D eigenvalue weighted by Crippen LogP contribution is 2.50. The molecule has 0 saturated heterocycles. The van der Waals surface area contributed by atoms with Crippen LogP contribution in [0.15, 0.2) is 109 Å². The molecule has 182 valence electrons. The Labute approximate surface area is 220 Å². The van der Waals surface area contributed by atoms with Crippen molar-refractivity contribution < 1.29 is 0 Å². The molecule has 0 unspecified atom stereocenters. The van der Waals surface area contributed by atoms with Crippen LogP contribution in [0.3, 0.4) is 0 Å². The van der Waals surface area contributed by atoms with Crippen LogP contribution < -0.4 is 0 Å². The molecule has 0 heterocycles. The van der Waals surface area contributed by atoms with E-state index in [1.54, 1.807) is 0 Å². The van der Waals surface area contributed by atoms with Gasteiger partial charge in [0.2, 0.25) is 0 Å². The molecule has 0 atom stereocenters. The number of rotatable bonds is 5. The Balaban J connectivity index is 1.87. The predicted octanol–water partition coefficient (Wildman–Crippen LogP) is 10.2. The molecule has 0 bridgehead atoms. The average molecular weight is 479 g/mol. The molecule has 0 N–H and O–H groups in total. The summed E-state index contributed by atoms with van der Waals surface area (Å²) in [6, 6.07) is 41.2. The zero-order valence-corrected chi connectivity index (χ0v) is 22.3. The van der Waals surface area contributed by atoms with Gasteiger partial charge in [-0.3, -0.25) is 0 Å². The van der Waals surface area contributed by atoms with E-state index in [9.17, 15) is 0 Å². The molecule has 0 radical (unpaired) electrons. The predicted molar refractivity (Wildman–Crippen MR) is 161 cm³/mol. The lowest BCUT2D eigenvalue weighted by atomic mass is 9.63. The molecule has 37 heavy (non-hydrogen) atoms. The second kappa shape index (κ2) is 9.20. The fraction of sp³-hybridized carbons (Fsp3) is 0.189. The van der Waals surface area contributed by atoms with E-state index in [1.165, 1.54) is 65.7 Å². The van der Waals surface area contributed by atoms with Crippen LogP contribution in [0.1, 0.15) is 53.1 Å². The molecule has 0 spiro atoms. The minimum Gasteiger partial charge on any atom is -0.0653 e. The SMILES string of the molecule is CCCC(c1ccc(C)c2ccccc12)(c1ccc(C)c2ccccc12)c1ccc(C)c2ccccc12. The second-order valence-corrected chi connectivity index (χ2v) is 10.6. The van der Waals surface area contributed by atoms with Crippen LogP contribution in [0.4, 0.5) is 0 Å². The van der Waals surface area contributed by atoms with E-state index in [0.717, 1.165) is 12.8 Å². The molecule has 0 saturated carbocycles. The Hall–Kier alpha value is -3.90. The van der Waals surface area contributed by atoms with Gasteiger partial charge in [-0.25, -0.2) is 0 Å². The van der Waals surface area contributed by atoms with Crippen LogP contribution in [-0.2, 0) is 5.41 Å². The Bertz CT molecular complexity index is 1560. The van der Waals surface area contributed by atoms with Gasteiger partial charge in [0.15, 0.2) is 0 Å². The monoisotopic (exact) mass is 478 g/mol. The van der Waals surface area contributed by atoms with Crippen LogP contribution >= 0.6 is 0 Å². The molecule has 6 rings (SSSR count). The van der Waals surface area contributed by atoms with Gasteiger partial charge < -0.3 is 0 Å². The summed E-state index contributed by atoms with van der Waals surface area (Å²) < 4.78 is 0. The van der Waals surface area contributed by atoms with Gasteiger partial charge in [0, 0.05) is 5.41 Å². The van der Waals surface area contributed by atoms with E-state index >= 15 is 0 Å². The van der Waals surface area contributed by atoms with E-state index in [1.807, 2.05) is 0 Å². The van der Waals surface area contributed by atoms with Crippen LogP contribution in [0.25, 0.3) is 32.3 Å². The Morgan fingerprint density at radius 2 is 0.703 bits per heavy atom. The average Bonchev–Trinajstić information content (AvgIpc) is 2.93. The standard InChI is InChI=1S/C37H34/c1-5-24-37(34-21-18-25(2)28-12-6-9-15-31(28)34,35-22-19-26(3)29-13-7-10-16-32(29)35)36-23-20-27(4)30-14-8-11-17-33(30)36/h6-23H,5,24H2,1-4H3. The summed E-state index contributed by atoms with van der Waals surface area (Å²) in [5.41, 5.74) is 7.88. The van der Waals surface area contributed by atoms with E-state index < -0.39 is 0 Å². The molecular weight excluding hydrogens is 444 g/mol. The maximum Gasteiger partial charge on any atom is 0.0469 e. The molecule has 0 aromatic heterocycles. The van der Waals surface area contributed by atoms with Gasteiger partial charge in [0.1, 0.15) is 0 Å². The minimum atomic E-state index is -0.303. The van der Waals surface area contributed by atoms with Gasteiger partial charge in [0.25, 0.3) is 0 Å². The number of fused-ring (bicyclic) bond motifs is 3. The van der Waals surface area contributed by atoms with Gasteiger partial charge in [-0.1, -0.05) is 123 Å². The topological polar surface area (TPSA) is 0 Å². The van der Waals surface area contributed by atoms with Gasteiger partial charge in [-0.2, -0.15) is 0 Å². The minimum absolute atomic E-state index is 0.303. The number of benzene rings is 6. The third kappa shape index (κ3) is 3.58. The Morgan fingerprint density at radius 3 is 1.00 bits per heavy atom. The molecule has 0 aliphatic heterocycles. The van der Waals surface area contributed by atoms with E-state index in [0.29, 0.717) is 0 Å². The second-order valence-electron chi connectivity index (χ2n) is 10.6.